The third-order valence-corrected chi connectivity index (χ3v) is 4.47. The molecular formula is C19H22N2O2. The minimum Gasteiger partial charge on any atom is -0.338 e. The number of rotatable bonds is 4. The van der Waals surface area contributed by atoms with Gasteiger partial charge in [-0.05, 0) is 37.3 Å². The summed E-state index contributed by atoms with van der Waals surface area (Å²) in [5, 5.41) is 0. The van der Waals surface area contributed by atoms with E-state index in [4.69, 9.17) is 0 Å². The van der Waals surface area contributed by atoms with E-state index in [1.807, 2.05) is 23.1 Å². The Hall–Kier alpha value is -2.36. The van der Waals surface area contributed by atoms with Crippen LogP contribution in [0.2, 0.25) is 0 Å². The van der Waals surface area contributed by atoms with Crippen molar-refractivity contribution >= 4 is 5.91 Å². The van der Waals surface area contributed by atoms with Crippen molar-refractivity contribution in [3.8, 4) is 0 Å². The Balaban J connectivity index is 1.72. The molecule has 1 amide bonds. The van der Waals surface area contributed by atoms with Gasteiger partial charge in [0.25, 0.3) is 5.56 Å². The lowest BCUT2D eigenvalue weighted by molar-refractivity contribution is -0.135. The van der Waals surface area contributed by atoms with Crippen molar-refractivity contribution in [2.45, 2.75) is 38.3 Å². The molecule has 2 aromatic rings. The molecule has 3 rings (SSSR count). The lowest BCUT2D eigenvalue weighted by Gasteiger charge is -2.36. The lowest BCUT2D eigenvalue weighted by atomic mass is 9.95. The number of hydrogen-bond acceptors (Lipinski definition) is 2. The summed E-state index contributed by atoms with van der Waals surface area (Å²) in [5.74, 6) is 0.0407. The van der Waals surface area contributed by atoms with Crippen molar-refractivity contribution in [2.24, 2.45) is 0 Å². The fourth-order valence-corrected chi connectivity index (χ4v) is 3.26. The van der Waals surface area contributed by atoms with Crippen LogP contribution in [0, 0.1) is 0 Å². The van der Waals surface area contributed by atoms with Crippen LogP contribution in [0.15, 0.2) is 59.5 Å². The first-order valence-corrected chi connectivity index (χ1v) is 8.23. The molecule has 0 N–H and O–H groups in total. The largest absolute Gasteiger partial charge is 0.338 e. The Morgan fingerprint density at radius 2 is 1.83 bits per heavy atom. The fourth-order valence-electron chi connectivity index (χ4n) is 3.26. The third kappa shape index (κ3) is 3.89. The van der Waals surface area contributed by atoms with Crippen LogP contribution in [-0.2, 0) is 17.8 Å². The highest BCUT2D eigenvalue weighted by Gasteiger charge is 2.26. The Morgan fingerprint density at radius 3 is 2.61 bits per heavy atom. The van der Waals surface area contributed by atoms with Crippen molar-refractivity contribution in [1.29, 1.82) is 0 Å². The number of hydrogen-bond donors (Lipinski definition) is 0. The van der Waals surface area contributed by atoms with Crippen molar-refractivity contribution in [3.05, 3.63) is 70.6 Å². The molecule has 2 heterocycles. The maximum Gasteiger partial charge on any atom is 0.250 e. The zero-order valence-electron chi connectivity index (χ0n) is 13.2. The predicted octanol–water partition coefficient (Wildman–Crippen LogP) is 2.47. The molecule has 1 saturated heterocycles. The number of pyridine rings is 1. The van der Waals surface area contributed by atoms with Crippen LogP contribution in [0.4, 0.5) is 0 Å². The Morgan fingerprint density at radius 1 is 1.04 bits per heavy atom. The molecule has 1 atom stereocenters. The van der Waals surface area contributed by atoms with Gasteiger partial charge in [0.15, 0.2) is 0 Å². The second-order valence-electron chi connectivity index (χ2n) is 6.09. The van der Waals surface area contributed by atoms with Crippen molar-refractivity contribution in [1.82, 2.24) is 9.47 Å². The predicted molar refractivity (Wildman–Crippen MR) is 90.2 cm³/mol. The summed E-state index contributed by atoms with van der Waals surface area (Å²) in [6, 6.07) is 15.5. The average molecular weight is 310 g/mol. The van der Waals surface area contributed by atoms with Gasteiger partial charge in [-0.25, -0.2) is 0 Å². The highest BCUT2D eigenvalue weighted by atomic mass is 16.2. The number of carbonyl (C=O) groups excluding carboxylic acids is 1. The van der Waals surface area contributed by atoms with Gasteiger partial charge < -0.3 is 9.47 Å². The fraction of sp³-hybridized carbons (Fsp3) is 0.368. The summed E-state index contributed by atoms with van der Waals surface area (Å²) in [6.45, 7) is 0.920. The van der Waals surface area contributed by atoms with Gasteiger partial charge in [0, 0.05) is 24.8 Å². The molecule has 1 aliphatic rings. The highest BCUT2D eigenvalue weighted by Crippen LogP contribution is 2.21. The van der Waals surface area contributed by atoms with Crippen LogP contribution in [-0.4, -0.2) is 28.0 Å². The van der Waals surface area contributed by atoms with E-state index in [1.165, 1.54) is 16.2 Å². The highest BCUT2D eigenvalue weighted by molar-refractivity contribution is 5.76. The Labute approximate surface area is 136 Å². The number of likely N-dealkylation sites (tertiary alicyclic amines) is 1. The molecule has 4 heteroatoms. The molecule has 1 fully saturated rings. The van der Waals surface area contributed by atoms with Crippen LogP contribution in [0.25, 0.3) is 0 Å². The van der Waals surface area contributed by atoms with Gasteiger partial charge >= 0.3 is 0 Å². The topological polar surface area (TPSA) is 42.3 Å². The number of nitrogens with zero attached hydrogens (tertiary/aromatic N) is 2. The molecule has 0 radical (unpaired) electrons. The quantitative estimate of drug-likeness (QED) is 0.870. The molecule has 0 bridgehead atoms. The van der Waals surface area contributed by atoms with E-state index < -0.39 is 0 Å². The second kappa shape index (κ2) is 7.27. The van der Waals surface area contributed by atoms with E-state index in [1.54, 1.807) is 18.3 Å². The Bertz CT molecular complexity index is 709. The molecule has 1 aromatic heterocycles. The molecule has 1 aromatic carbocycles. The lowest BCUT2D eigenvalue weighted by Crippen LogP contribution is -2.46. The minimum atomic E-state index is -0.127. The van der Waals surface area contributed by atoms with E-state index >= 15 is 0 Å². The van der Waals surface area contributed by atoms with Crippen LogP contribution in [0.5, 0.6) is 0 Å². The van der Waals surface area contributed by atoms with E-state index in [0.29, 0.717) is 0 Å². The zero-order valence-corrected chi connectivity index (χ0v) is 13.2. The van der Waals surface area contributed by atoms with Crippen LogP contribution in [0.3, 0.4) is 0 Å². The summed E-state index contributed by atoms with van der Waals surface area (Å²) >= 11 is 0. The number of piperidine rings is 1. The van der Waals surface area contributed by atoms with Crippen LogP contribution in [0.1, 0.15) is 24.8 Å². The molecular weight excluding hydrogens is 288 g/mol. The molecule has 120 valence electrons. The smallest absolute Gasteiger partial charge is 0.250 e. The monoisotopic (exact) mass is 310 g/mol. The number of amides is 1. The number of aromatic nitrogens is 1. The van der Waals surface area contributed by atoms with Gasteiger partial charge in [-0.2, -0.15) is 0 Å². The first-order chi connectivity index (χ1) is 11.2. The van der Waals surface area contributed by atoms with Crippen molar-refractivity contribution in [2.75, 3.05) is 6.54 Å². The van der Waals surface area contributed by atoms with Crippen LogP contribution >= 0.6 is 0 Å². The van der Waals surface area contributed by atoms with E-state index in [9.17, 15) is 9.59 Å². The van der Waals surface area contributed by atoms with E-state index in [2.05, 4.69) is 12.1 Å². The Kier molecular flexibility index (Phi) is 4.91. The molecule has 0 spiro atoms. The van der Waals surface area contributed by atoms with Crippen molar-refractivity contribution in [3.63, 3.8) is 0 Å². The van der Waals surface area contributed by atoms with Gasteiger partial charge in [0.05, 0.1) is 0 Å². The molecule has 1 aliphatic heterocycles. The van der Waals surface area contributed by atoms with Gasteiger partial charge in [-0.3, -0.25) is 9.59 Å². The molecule has 4 nitrogen and oxygen atoms in total. The summed E-state index contributed by atoms with van der Waals surface area (Å²) in [5.41, 5.74) is 1.13. The van der Waals surface area contributed by atoms with Gasteiger partial charge in [-0.1, -0.05) is 36.4 Å². The summed E-state index contributed by atoms with van der Waals surface area (Å²) < 4.78 is 1.48. The molecule has 0 unspecified atom stereocenters. The standard InChI is InChI=1S/C19H22N2O2/c22-18-11-5-6-12-20(18)15-19(23)21-13-7-4-10-17(21)14-16-8-2-1-3-9-16/h1-3,5-6,8-9,11-12,17H,4,7,10,13-15H2/t17-/m1/s1. The van der Waals surface area contributed by atoms with Gasteiger partial charge in [-0.15, -0.1) is 0 Å². The number of carbonyl (C=O) groups is 1. The molecule has 0 aliphatic carbocycles. The zero-order chi connectivity index (χ0) is 16.1. The SMILES string of the molecule is O=C(Cn1ccccc1=O)N1CCCC[C@@H]1Cc1ccccc1. The first kappa shape index (κ1) is 15.5. The van der Waals surface area contributed by atoms with Crippen LogP contribution < -0.4 is 5.56 Å². The van der Waals surface area contributed by atoms with E-state index in [-0.39, 0.29) is 24.1 Å². The van der Waals surface area contributed by atoms with E-state index in [0.717, 1.165) is 32.2 Å². The minimum absolute atomic E-state index is 0.0407. The summed E-state index contributed by atoms with van der Waals surface area (Å²) in [7, 11) is 0. The third-order valence-electron chi connectivity index (χ3n) is 4.47. The first-order valence-electron chi connectivity index (χ1n) is 8.23. The second-order valence-corrected chi connectivity index (χ2v) is 6.09. The normalized spacial score (nSPS) is 17.9. The number of benzene rings is 1. The van der Waals surface area contributed by atoms with Gasteiger partial charge in [0.1, 0.15) is 6.54 Å². The summed E-state index contributed by atoms with van der Waals surface area (Å²) in [6.07, 6.45) is 5.80. The van der Waals surface area contributed by atoms with Crippen molar-refractivity contribution < 1.29 is 4.79 Å². The maximum atomic E-state index is 12.7. The van der Waals surface area contributed by atoms with Gasteiger partial charge in [0.2, 0.25) is 5.91 Å². The maximum absolute atomic E-state index is 12.7. The molecule has 23 heavy (non-hydrogen) atoms. The molecule has 0 saturated carbocycles. The average Bonchev–Trinajstić information content (AvgIpc) is 2.58. The summed E-state index contributed by atoms with van der Waals surface area (Å²) in [4.78, 5) is 26.5.